The number of hydrogen-bond donors (Lipinski definition) is 2. The minimum absolute atomic E-state index is 0. The molecule has 0 bridgehead atoms. The van der Waals surface area contributed by atoms with Crippen LogP contribution in [0.4, 0.5) is 0 Å². The Morgan fingerprint density at radius 3 is 1.06 bits per heavy atom. The number of aliphatic hydroxyl groups excluding tert-OH is 2. The fraction of sp³-hybridized carbons (Fsp3) is 1.00. The van der Waals surface area contributed by atoms with Gasteiger partial charge < -0.3 is 19.3 Å². The quantitative estimate of drug-likeness (QED) is 0.326. The Labute approximate surface area is 121 Å². The maximum absolute atomic E-state index is 9.85. The second kappa shape index (κ2) is 9.57. The van der Waals surface area contributed by atoms with Crippen LogP contribution in [-0.4, -0.2) is 87.2 Å². The van der Waals surface area contributed by atoms with Gasteiger partial charge in [-0.05, 0) is 13.8 Å². The van der Waals surface area contributed by atoms with Crippen LogP contribution in [0.2, 0.25) is 0 Å². The van der Waals surface area contributed by atoms with Gasteiger partial charge in [0.15, 0.2) is 0 Å². The number of rotatable bonds is 4. The largest absolute Gasteiger partial charge is 2.00 e. The molecule has 0 aliphatic heterocycles. The predicted octanol–water partition coefficient (Wildman–Crippen LogP) is -2.56. The van der Waals surface area contributed by atoms with E-state index in [1.807, 2.05) is 0 Å². The molecule has 2 unspecified atom stereocenters. The molecule has 102 valence electrons. The minimum Gasteiger partial charge on any atom is -0.748 e. The maximum Gasteiger partial charge on any atom is 2.00 e. The van der Waals surface area contributed by atoms with Gasteiger partial charge in [0.05, 0.1) is 43.9 Å². The molecule has 0 aliphatic rings. The molecular formula is C6H14O8PbS2. The van der Waals surface area contributed by atoms with Crippen LogP contribution >= 0.6 is 0 Å². The van der Waals surface area contributed by atoms with Crippen molar-refractivity contribution in [2.75, 3.05) is 13.2 Å². The first kappa shape index (κ1) is 22.8. The van der Waals surface area contributed by atoms with E-state index in [4.69, 9.17) is 10.2 Å². The van der Waals surface area contributed by atoms with Crippen molar-refractivity contribution in [3.05, 3.63) is 0 Å². The monoisotopic (exact) mass is 486 g/mol. The molecule has 2 radical (unpaired) electrons. The third kappa shape index (κ3) is 12.9. The van der Waals surface area contributed by atoms with E-state index in [1.54, 1.807) is 0 Å². The second-order valence-electron chi connectivity index (χ2n) is 2.97. The molecule has 8 nitrogen and oxygen atoms in total. The van der Waals surface area contributed by atoms with Gasteiger partial charge in [-0.3, -0.25) is 0 Å². The molecule has 0 aromatic rings. The predicted molar refractivity (Wildman–Crippen MR) is 58.2 cm³/mol. The Morgan fingerprint density at radius 2 is 1.06 bits per heavy atom. The average Bonchev–Trinajstić information content (AvgIpc) is 2.13. The molecular weight excluding hydrogens is 471 g/mol. The zero-order chi connectivity index (χ0) is 13.6. The van der Waals surface area contributed by atoms with E-state index in [1.165, 1.54) is 0 Å². The van der Waals surface area contributed by atoms with Crippen LogP contribution in [0.1, 0.15) is 13.8 Å². The van der Waals surface area contributed by atoms with Gasteiger partial charge in [-0.15, -0.1) is 0 Å². The molecule has 0 spiro atoms. The van der Waals surface area contributed by atoms with E-state index in [2.05, 4.69) is 0 Å². The van der Waals surface area contributed by atoms with Crippen LogP contribution in [-0.2, 0) is 20.2 Å². The zero-order valence-electron chi connectivity index (χ0n) is 9.23. The Kier molecular flexibility index (Phi) is 12.8. The van der Waals surface area contributed by atoms with E-state index in [9.17, 15) is 25.9 Å². The summed E-state index contributed by atoms with van der Waals surface area (Å²) in [5, 5.41) is 13.8. The molecule has 0 aliphatic carbocycles. The summed E-state index contributed by atoms with van der Waals surface area (Å²) in [6, 6.07) is 0. The van der Waals surface area contributed by atoms with Gasteiger partial charge in [-0.2, -0.15) is 0 Å². The van der Waals surface area contributed by atoms with Gasteiger partial charge in [0.2, 0.25) is 0 Å². The third-order valence-electron chi connectivity index (χ3n) is 1.50. The van der Waals surface area contributed by atoms with Crippen LogP contribution in [0.3, 0.4) is 0 Å². The number of aliphatic hydroxyl groups is 2. The van der Waals surface area contributed by atoms with Crippen molar-refractivity contribution in [2.45, 2.75) is 24.3 Å². The Hall–Kier alpha value is 0.662. The first-order valence-corrected chi connectivity index (χ1v) is 7.02. The van der Waals surface area contributed by atoms with Crippen molar-refractivity contribution in [1.82, 2.24) is 0 Å². The average molecular weight is 486 g/mol. The first-order chi connectivity index (χ1) is 6.96. The van der Waals surface area contributed by atoms with Crippen molar-refractivity contribution in [1.29, 1.82) is 0 Å². The van der Waals surface area contributed by atoms with Crippen molar-refractivity contribution < 1.29 is 36.2 Å². The van der Waals surface area contributed by atoms with Crippen LogP contribution < -0.4 is 0 Å². The van der Waals surface area contributed by atoms with Gasteiger partial charge in [0, 0.05) is 0 Å². The van der Waals surface area contributed by atoms with Crippen molar-refractivity contribution in [2.24, 2.45) is 0 Å². The molecule has 0 aromatic heterocycles. The summed E-state index contributed by atoms with van der Waals surface area (Å²) in [6.07, 6.45) is 0. The standard InChI is InChI=1S/2C3H8O4S.Pb/c2*1-3(2-4)8(5,6)7;/h2*3-4H,2H2,1H3,(H,5,6,7);/q;;+2/p-2. The van der Waals surface area contributed by atoms with Gasteiger partial charge in [0.25, 0.3) is 0 Å². The fourth-order valence-electron chi connectivity index (χ4n) is 0.183. The summed E-state index contributed by atoms with van der Waals surface area (Å²) in [4.78, 5) is 0. The molecule has 0 amide bonds. The molecule has 0 aromatic carbocycles. The van der Waals surface area contributed by atoms with Gasteiger partial charge in [-0.1, -0.05) is 0 Å². The fourth-order valence-corrected chi connectivity index (χ4v) is 0.548. The SMILES string of the molecule is CC(CO)S(=O)(=O)[O-].CC(CO)S(=O)(=O)[O-].[Pb+2]. The van der Waals surface area contributed by atoms with Crippen LogP contribution in [0.15, 0.2) is 0 Å². The van der Waals surface area contributed by atoms with Gasteiger partial charge >= 0.3 is 27.3 Å². The van der Waals surface area contributed by atoms with Gasteiger partial charge in [0.1, 0.15) is 0 Å². The van der Waals surface area contributed by atoms with Crippen molar-refractivity contribution in [3.8, 4) is 0 Å². The van der Waals surface area contributed by atoms with Crippen molar-refractivity contribution in [3.63, 3.8) is 0 Å². The number of hydrogen-bond acceptors (Lipinski definition) is 8. The molecule has 0 saturated carbocycles. The van der Waals surface area contributed by atoms with E-state index >= 15 is 0 Å². The second-order valence-corrected chi connectivity index (χ2v) is 6.55. The molecule has 2 atom stereocenters. The molecule has 2 N–H and O–H groups in total. The van der Waals surface area contributed by atoms with E-state index in [0.717, 1.165) is 13.8 Å². The summed E-state index contributed by atoms with van der Waals surface area (Å²) in [5.41, 5.74) is 0. The molecule has 0 fully saturated rings. The Morgan fingerprint density at radius 1 is 0.882 bits per heavy atom. The van der Waals surface area contributed by atoms with Crippen LogP contribution in [0.5, 0.6) is 0 Å². The Bertz CT molecular complexity index is 337. The summed E-state index contributed by atoms with van der Waals surface area (Å²) < 4.78 is 59.1. The summed E-state index contributed by atoms with van der Waals surface area (Å²) in [7, 11) is -8.51. The topological polar surface area (TPSA) is 155 Å². The summed E-state index contributed by atoms with van der Waals surface area (Å²) >= 11 is 0. The van der Waals surface area contributed by atoms with Gasteiger partial charge in [-0.25, -0.2) is 16.8 Å². The van der Waals surface area contributed by atoms with E-state index in [-0.39, 0.29) is 27.3 Å². The first-order valence-electron chi connectivity index (χ1n) is 4.08. The Balaban J connectivity index is -0.000000218. The normalized spacial score (nSPS) is 14.9. The minimum atomic E-state index is -4.25. The zero-order valence-corrected chi connectivity index (χ0v) is 14.7. The molecule has 17 heavy (non-hydrogen) atoms. The van der Waals surface area contributed by atoms with Crippen molar-refractivity contribution >= 4 is 47.5 Å². The third-order valence-corrected chi connectivity index (χ3v) is 3.77. The molecule has 0 rings (SSSR count). The van der Waals surface area contributed by atoms with Crippen LogP contribution in [0.25, 0.3) is 0 Å². The maximum atomic E-state index is 9.85. The molecule has 0 saturated heterocycles. The molecule has 0 heterocycles. The molecule has 11 heteroatoms. The van der Waals surface area contributed by atoms with E-state index in [0.29, 0.717) is 0 Å². The van der Waals surface area contributed by atoms with Crippen LogP contribution in [0, 0.1) is 0 Å². The smallest absolute Gasteiger partial charge is 0.748 e. The summed E-state index contributed by atoms with van der Waals surface area (Å²) in [5.74, 6) is 0. The summed E-state index contributed by atoms with van der Waals surface area (Å²) in [6.45, 7) is 1.10. The van der Waals surface area contributed by atoms with E-state index < -0.39 is 43.9 Å².